The largest absolute Gasteiger partial charge is 0.392 e. The molecule has 0 aliphatic heterocycles. The molecule has 2 N–H and O–H groups in total. The van der Waals surface area contributed by atoms with E-state index in [9.17, 15) is 23.6 Å². The average molecular weight is 288 g/mol. The smallest absolute Gasteiger partial charge is 0.273 e. The van der Waals surface area contributed by atoms with E-state index in [1.165, 1.54) is 25.1 Å². The van der Waals surface area contributed by atoms with E-state index in [-0.39, 0.29) is 22.7 Å². The average Bonchev–Trinajstić information content (AvgIpc) is 2.35. The van der Waals surface area contributed by atoms with Crippen molar-refractivity contribution in [2.24, 2.45) is 0 Å². The minimum absolute atomic E-state index is 0.0750. The first-order chi connectivity index (χ1) is 8.79. The number of benzene rings is 1. The number of nitrogens with zero attached hydrogens (tertiary/aromatic N) is 1. The third kappa shape index (κ3) is 3.72. The van der Waals surface area contributed by atoms with Crippen LogP contribution in [0.15, 0.2) is 23.1 Å². The molecule has 0 aliphatic carbocycles. The maximum atomic E-state index is 12.0. The van der Waals surface area contributed by atoms with E-state index in [1.54, 1.807) is 6.92 Å². The molecule has 0 radical (unpaired) electrons. The molecule has 19 heavy (non-hydrogen) atoms. The lowest BCUT2D eigenvalue weighted by Crippen LogP contribution is -2.32. The zero-order valence-electron chi connectivity index (χ0n) is 10.7. The van der Waals surface area contributed by atoms with Crippen molar-refractivity contribution in [1.82, 2.24) is 4.72 Å². The second-order valence-electron chi connectivity index (χ2n) is 4.07. The molecule has 1 unspecified atom stereocenters. The van der Waals surface area contributed by atoms with E-state index < -0.39 is 21.1 Å². The van der Waals surface area contributed by atoms with Crippen LogP contribution >= 0.6 is 0 Å². The molecule has 106 valence electrons. The van der Waals surface area contributed by atoms with Crippen molar-refractivity contribution in [3.05, 3.63) is 33.9 Å². The minimum Gasteiger partial charge on any atom is -0.392 e. The molecule has 0 fully saturated rings. The maximum absolute atomic E-state index is 12.0. The van der Waals surface area contributed by atoms with Gasteiger partial charge in [-0.05, 0) is 19.4 Å². The van der Waals surface area contributed by atoms with Gasteiger partial charge < -0.3 is 5.11 Å². The Hall–Kier alpha value is -1.51. The Labute approximate surface area is 111 Å². The van der Waals surface area contributed by atoms with Gasteiger partial charge in [0.15, 0.2) is 0 Å². The number of nitro groups is 1. The number of nitro benzene ring substituents is 1. The number of rotatable bonds is 6. The number of hydrogen-bond acceptors (Lipinski definition) is 5. The number of aliphatic hydroxyl groups excluding tert-OH is 1. The van der Waals surface area contributed by atoms with E-state index in [1.807, 2.05) is 0 Å². The summed E-state index contributed by atoms with van der Waals surface area (Å²) < 4.78 is 26.2. The van der Waals surface area contributed by atoms with Crippen LogP contribution in [0.5, 0.6) is 0 Å². The van der Waals surface area contributed by atoms with Gasteiger partial charge in [-0.3, -0.25) is 10.1 Å². The van der Waals surface area contributed by atoms with Gasteiger partial charge >= 0.3 is 0 Å². The van der Waals surface area contributed by atoms with Crippen molar-refractivity contribution in [3.8, 4) is 0 Å². The quantitative estimate of drug-likeness (QED) is 0.598. The van der Waals surface area contributed by atoms with Crippen molar-refractivity contribution in [1.29, 1.82) is 0 Å². The first-order valence-electron chi connectivity index (χ1n) is 5.71. The summed E-state index contributed by atoms with van der Waals surface area (Å²) in [6, 6.07) is 3.86. The molecule has 1 rings (SSSR count). The molecule has 0 spiro atoms. The van der Waals surface area contributed by atoms with Gasteiger partial charge in [0.1, 0.15) is 0 Å². The molecule has 0 saturated heterocycles. The molecular formula is C11H16N2O5S. The first-order valence-corrected chi connectivity index (χ1v) is 7.19. The Kier molecular flexibility index (Phi) is 4.98. The van der Waals surface area contributed by atoms with Crippen LogP contribution in [0.1, 0.15) is 18.9 Å². The van der Waals surface area contributed by atoms with Crippen LogP contribution in [-0.4, -0.2) is 31.1 Å². The van der Waals surface area contributed by atoms with E-state index in [2.05, 4.69) is 4.72 Å². The molecule has 8 heteroatoms. The second kappa shape index (κ2) is 6.09. The number of hydrogen-bond donors (Lipinski definition) is 2. The van der Waals surface area contributed by atoms with Crippen LogP contribution in [0.25, 0.3) is 0 Å². The molecular weight excluding hydrogens is 272 g/mol. The SMILES string of the molecule is CCC(O)CNS(=O)(=O)c1cccc([N+](=O)[O-])c1C. The third-order valence-corrected chi connectivity index (χ3v) is 4.29. The van der Waals surface area contributed by atoms with Gasteiger partial charge in [0.25, 0.3) is 5.69 Å². The van der Waals surface area contributed by atoms with E-state index in [0.717, 1.165) is 0 Å². The second-order valence-corrected chi connectivity index (χ2v) is 5.81. The molecule has 0 aliphatic rings. The van der Waals surface area contributed by atoms with Crippen LogP contribution in [0, 0.1) is 17.0 Å². The van der Waals surface area contributed by atoms with E-state index >= 15 is 0 Å². The Morgan fingerprint density at radius 1 is 1.47 bits per heavy atom. The Morgan fingerprint density at radius 3 is 2.63 bits per heavy atom. The summed E-state index contributed by atoms with van der Waals surface area (Å²) in [7, 11) is -3.87. The third-order valence-electron chi connectivity index (χ3n) is 2.72. The van der Waals surface area contributed by atoms with Crippen LogP contribution in [-0.2, 0) is 10.0 Å². The zero-order valence-corrected chi connectivity index (χ0v) is 11.5. The highest BCUT2D eigenvalue weighted by Gasteiger charge is 2.23. The van der Waals surface area contributed by atoms with Gasteiger partial charge in [0.2, 0.25) is 10.0 Å². The van der Waals surface area contributed by atoms with E-state index in [0.29, 0.717) is 6.42 Å². The van der Waals surface area contributed by atoms with Gasteiger partial charge in [-0.2, -0.15) is 0 Å². The molecule has 1 atom stereocenters. The fourth-order valence-corrected chi connectivity index (χ4v) is 2.85. The van der Waals surface area contributed by atoms with Crippen molar-refractivity contribution < 1.29 is 18.4 Å². The lowest BCUT2D eigenvalue weighted by molar-refractivity contribution is -0.385. The summed E-state index contributed by atoms with van der Waals surface area (Å²) in [6.07, 6.45) is -0.370. The fourth-order valence-electron chi connectivity index (χ4n) is 1.52. The molecule has 0 saturated carbocycles. The van der Waals surface area contributed by atoms with Gasteiger partial charge in [-0.15, -0.1) is 0 Å². The van der Waals surface area contributed by atoms with Crippen molar-refractivity contribution >= 4 is 15.7 Å². The van der Waals surface area contributed by atoms with Crippen LogP contribution in [0.4, 0.5) is 5.69 Å². The van der Waals surface area contributed by atoms with E-state index in [4.69, 9.17) is 0 Å². The monoisotopic (exact) mass is 288 g/mol. The summed E-state index contributed by atoms with van der Waals surface area (Å²) in [5.74, 6) is 0. The maximum Gasteiger partial charge on any atom is 0.273 e. The lowest BCUT2D eigenvalue weighted by Gasteiger charge is -2.11. The fraction of sp³-hybridized carbons (Fsp3) is 0.455. The topological polar surface area (TPSA) is 110 Å². The van der Waals surface area contributed by atoms with Gasteiger partial charge in [-0.1, -0.05) is 13.0 Å². The molecule has 0 bridgehead atoms. The van der Waals surface area contributed by atoms with Crippen LogP contribution in [0.3, 0.4) is 0 Å². The van der Waals surface area contributed by atoms with Gasteiger partial charge in [0.05, 0.1) is 15.9 Å². The molecule has 7 nitrogen and oxygen atoms in total. The van der Waals surface area contributed by atoms with Crippen LogP contribution in [0.2, 0.25) is 0 Å². The minimum atomic E-state index is -3.87. The highest BCUT2D eigenvalue weighted by Crippen LogP contribution is 2.24. The van der Waals surface area contributed by atoms with Crippen molar-refractivity contribution in [3.63, 3.8) is 0 Å². The summed E-state index contributed by atoms with van der Waals surface area (Å²) in [6.45, 7) is 2.97. The Morgan fingerprint density at radius 2 is 2.11 bits per heavy atom. The molecule has 0 aromatic heterocycles. The van der Waals surface area contributed by atoms with Crippen LogP contribution < -0.4 is 4.72 Å². The molecule has 1 aromatic rings. The predicted octanol–water partition coefficient (Wildman–Crippen LogP) is 0.952. The number of aliphatic hydroxyl groups is 1. The summed E-state index contributed by atoms with van der Waals surface area (Å²) in [5, 5.41) is 20.1. The lowest BCUT2D eigenvalue weighted by atomic mass is 10.2. The highest BCUT2D eigenvalue weighted by molar-refractivity contribution is 7.89. The van der Waals surface area contributed by atoms with Gasteiger partial charge in [-0.25, -0.2) is 13.1 Å². The first kappa shape index (κ1) is 15.5. The number of nitrogens with one attached hydrogen (secondary N) is 1. The Balaban J connectivity index is 3.09. The zero-order chi connectivity index (χ0) is 14.6. The summed E-state index contributed by atoms with van der Waals surface area (Å²) >= 11 is 0. The molecule has 0 heterocycles. The summed E-state index contributed by atoms with van der Waals surface area (Å²) in [4.78, 5) is 9.99. The van der Waals surface area contributed by atoms with Gasteiger partial charge in [0, 0.05) is 18.2 Å². The Bertz CT molecular complexity index is 570. The van der Waals surface area contributed by atoms with Crippen molar-refractivity contribution in [2.45, 2.75) is 31.3 Å². The molecule has 1 aromatic carbocycles. The normalized spacial score (nSPS) is 13.2. The predicted molar refractivity (Wildman–Crippen MR) is 69.3 cm³/mol. The molecule has 0 amide bonds. The summed E-state index contributed by atoms with van der Waals surface area (Å²) in [5.41, 5.74) is -0.176. The van der Waals surface area contributed by atoms with Crippen molar-refractivity contribution in [2.75, 3.05) is 6.54 Å². The standard InChI is InChI=1S/C11H16N2O5S/c1-3-9(14)7-12-19(17,18)11-6-4-5-10(8(11)2)13(15)16/h4-6,9,12,14H,3,7H2,1-2H3. The highest BCUT2D eigenvalue weighted by atomic mass is 32.2. The number of sulfonamides is 1.